The summed E-state index contributed by atoms with van der Waals surface area (Å²) in [6, 6.07) is 22.0. The van der Waals surface area contributed by atoms with Crippen LogP contribution in [0.4, 0.5) is 0 Å². The van der Waals surface area contributed by atoms with E-state index in [1.807, 2.05) is 80.6 Å². The summed E-state index contributed by atoms with van der Waals surface area (Å²) >= 11 is 0. The van der Waals surface area contributed by atoms with Crippen molar-refractivity contribution in [3.8, 4) is 16.9 Å². The Bertz CT molecular complexity index is 824. The molecule has 0 radical (unpaired) electrons. The number of aromatic nitrogens is 1. The molecule has 0 aliphatic carbocycles. The van der Waals surface area contributed by atoms with Crippen molar-refractivity contribution in [1.82, 2.24) is 10.0 Å². The first-order valence-corrected chi connectivity index (χ1v) is 7.97. The van der Waals surface area contributed by atoms with Crippen LogP contribution in [-0.2, 0) is 4.84 Å². The maximum absolute atomic E-state index is 12.4. The van der Waals surface area contributed by atoms with Crippen molar-refractivity contribution in [1.29, 1.82) is 0 Å². The molecule has 1 heterocycles. The van der Waals surface area contributed by atoms with Crippen molar-refractivity contribution in [2.24, 2.45) is 0 Å². The Morgan fingerprint density at radius 2 is 1.67 bits per heavy atom. The third-order valence-corrected chi connectivity index (χ3v) is 3.88. The van der Waals surface area contributed by atoms with E-state index < -0.39 is 0 Å². The van der Waals surface area contributed by atoms with Crippen molar-refractivity contribution in [2.45, 2.75) is 13.8 Å². The monoisotopic (exact) mass is 320 g/mol. The van der Waals surface area contributed by atoms with Gasteiger partial charge in [-0.05, 0) is 37.6 Å². The molecule has 3 rings (SSSR count). The Kier molecular flexibility index (Phi) is 4.77. The highest BCUT2D eigenvalue weighted by Crippen LogP contribution is 2.29. The Labute approximate surface area is 141 Å². The number of hydrogen-bond donors (Lipinski definition) is 1. The van der Waals surface area contributed by atoms with Crippen LogP contribution in [0.15, 0.2) is 66.7 Å². The molecule has 1 amide bonds. The number of carbonyl (C=O) groups is 1. The van der Waals surface area contributed by atoms with E-state index in [2.05, 4.69) is 10.0 Å². The van der Waals surface area contributed by atoms with Crippen molar-refractivity contribution in [3.63, 3.8) is 0 Å². The van der Waals surface area contributed by atoms with Crippen LogP contribution in [0.1, 0.15) is 23.0 Å². The zero-order chi connectivity index (χ0) is 16.9. The first-order valence-electron chi connectivity index (χ1n) is 7.97. The molecule has 0 bridgehead atoms. The van der Waals surface area contributed by atoms with Crippen molar-refractivity contribution in [2.75, 3.05) is 6.61 Å². The predicted molar refractivity (Wildman–Crippen MR) is 95.0 cm³/mol. The minimum absolute atomic E-state index is 0.235. The summed E-state index contributed by atoms with van der Waals surface area (Å²) in [5.41, 5.74) is 7.00. The zero-order valence-corrected chi connectivity index (χ0v) is 13.8. The standard InChI is InChI=1S/C20H20N2O2/c1-3-24-21-20(23)18-14-19(16-10-6-4-7-11-16)22(15(18)2)17-12-8-5-9-13-17/h4-14H,3H2,1-2H3,(H,21,23). The molecule has 0 spiro atoms. The number of carbonyl (C=O) groups excluding carboxylic acids is 1. The first kappa shape index (κ1) is 16.0. The highest BCUT2D eigenvalue weighted by molar-refractivity contribution is 5.96. The normalized spacial score (nSPS) is 10.6. The van der Waals surface area contributed by atoms with E-state index in [1.54, 1.807) is 0 Å². The van der Waals surface area contributed by atoms with E-state index in [0.717, 1.165) is 22.6 Å². The van der Waals surface area contributed by atoms with Gasteiger partial charge in [-0.25, -0.2) is 5.48 Å². The second kappa shape index (κ2) is 7.15. The molecule has 3 aromatic rings. The third-order valence-electron chi connectivity index (χ3n) is 3.88. The third kappa shape index (κ3) is 3.09. The van der Waals surface area contributed by atoms with Crippen LogP contribution in [0, 0.1) is 6.92 Å². The van der Waals surface area contributed by atoms with Gasteiger partial charge in [0.2, 0.25) is 0 Å². The van der Waals surface area contributed by atoms with Crippen LogP contribution in [0.2, 0.25) is 0 Å². The summed E-state index contributed by atoms with van der Waals surface area (Å²) < 4.78 is 2.09. The Balaban J connectivity index is 2.15. The number of para-hydroxylation sites is 1. The van der Waals surface area contributed by atoms with Crippen LogP contribution >= 0.6 is 0 Å². The Morgan fingerprint density at radius 1 is 1.04 bits per heavy atom. The summed E-state index contributed by atoms with van der Waals surface area (Å²) in [5.74, 6) is -0.235. The number of rotatable bonds is 5. The van der Waals surface area contributed by atoms with Gasteiger partial charge < -0.3 is 4.57 Å². The maximum atomic E-state index is 12.4. The Morgan fingerprint density at radius 3 is 2.29 bits per heavy atom. The van der Waals surface area contributed by atoms with Gasteiger partial charge in [-0.2, -0.15) is 0 Å². The summed E-state index contributed by atoms with van der Waals surface area (Å²) in [4.78, 5) is 17.5. The zero-order valence-electron chi connectivity index (χ0n) is 13.8. The molecule has 122 valence electrons. The predicted octanol–water partition coefficient (Wildman–Crippen LogP) is 4.13. The van der Waals surface area contributed by atoms with Gasteiger partial charge in [-0.1, -0.05) is 48.5 Å². The summed E-state index contributed by atoms with van der Waals surface area (Å²) in [6.07, 6.45) is 0. The maximum Gasteiger partial charge on any atom is 0.276 e. The smallest absolute Gasteiger partial charge is 0.276 e. The molecular weight excluding hydrogens is 300 g/mol. The summed E-state index contributed by atoms with van der Waals surface area (Å²) in [6.45, 7) is 4.20. The minimum atomic E-state index is -0.235. The van der Waals surface area contributed by atoms with Crippen LogP contribution in [-0.4, -0.2) is 17.1 Å². The van der Waals surface area contributed by atoms with Gasteiger partial charge in [0.1, 0.15) is 0 Å². The molecule has 4 nitrogen and oxygen atoms in total. The largest absolute Gasteiger partial charge is 0.313 e. The van der Waals surface area contributed by atoms with Gasteiger partial charge >= 0.3 is 0 Å². The fourth-order valence-electron chi connectivity index (χ4n) is 2.76. The quantitative estimate of drug-likeness (QED) is 0.718. The number of amides is 1. The molecule has 24 heavy (non-hydrogen) atoms. The summed E-state index contributed by atoms with van der Waals surface area (Å²) in [5, 5.41) is 0. The van der Waals surface area contributed by atoms with Gasteiger partial charge in [0, 0.05) is 11.4 Å². The number of nitrogens with one attached hydrogen (secondary N) is 1. The molecule has 4 heteroatoms. The average molecular weight is 320 g/mol. The van der Waals surface area contributed by atoms with Crippen LogP contribution in [0.25, 0.3) is 16.9 Å². The topological polar surface area (TPSA) is 43.3 Å². The van der Waals surface area contributed by atoms with Gasteiger partial charge in [-0.15, -0.1) is 0 Å². The number of benzene rings is 2. The van der Waals surface area contributed by atoms with Crippen molar-refractivity contribution in [3.05, 3.63) is 78.0 Å². The number of hydrogen-bond acceptors (Lipinski definition) is 2. The number of hydroxylamine groups is 1. The Hall–Kier alpha value is -2.85. The lowest BCUT2D eigenvalue weighted by Crippen LogP contribution is -2.24. The lowest BCUT2D eigenvalue weighted by atomic mass is 10.1. The van der Waals surface area contributed by atoms with Gasteiger partial charge in [0.15, 0.2) is 0 Å². The lowest BCUT2D eigenvalue weighted by Gasteiger charge is -2.12. The fraction of sp³-hybridized carbons (Fsp3) is 0.150. The highest BCUT2D eigenvalue weighted by atomic mass is 16.6. The molecule has 1 N–H and O–H groups in total. The van der Waals surface area contributed by atoms with E-state index in [1.165, 1.54) is 0 Å². The van der Waals surface area contributed by atoms with Gasteiger partial charge in [0.25, 0.3) is 5.91 Å². The second-order valence-corrected chi connectivity index (χ2v) is 5.43. The average Bonchev–Trinajstić information content (AvgIpc) is 2.98. The molecule has 0 aliphatic rings. The van der Waals surface area contributed by atoms with E-state index in [9.17, 15) is 4.79 Å². The molecule has 0 fully saturated rings. The molecule has 0 atom stereocenters. The van der Waals surface area contributed by atoms with Gasteiger partial charge in [-0.3, -0.25) is 9.63 Å². The molecule has 0 aliphatic heterocycles. The minimum Gasteiger partial charge on any atom is -0.313 e. The second-order valence-electron chi connectivity index (χ2n) is 5.43. The number of nitrogens with zero attached hydrogens (tertiary/aromatic N) is 1. The highest BCUT2D eigenvalue weighted by Gasteiger charge is 2.19. The van der Waals surface area contributed by atoms with Crippen LogP contribution in [0.5, 0.6) is 0 Å². The van der Waals surface area contributed by atoms with Crippen molar-refractivity contribution < 1.29 is 9.63 Å². The molecular formula is C20H20N2O2. The van der Waals surface area contributed by atoms with Crippen LogP contribution in [0.3, 0.4) is 0 Å². The SMILES string of the molecule is CCONC(=O)c1cc(-c2ccccc2)n(-c2ccccc2)c1C. The van der Waals surface area contributed by atoms with Crippen LogP contribution < -0.4 is 5.48 Å². The van der Waals surface area contributed by atoms with E-state index in [4.69, 9.17) is 4.84 Å². The molecule has 0 unspecified atom stereocenters. The first-order chi connectivity index (χ1) is 11.7. The van der Waals surface area contributed by atoms with E-state index in [-0.39, 0.29) is 5.91 Å². The molecule has 0 saturated carbocycles. The van der Waals surface area contributed by atoms with Crippen molar-refractivity contribution >= 4 is 5.91 Å². The summed E-state index contributed by atoms with van der Waals surface area (Å²) in [7, 11) is 0. The molecule has 0 saturated heterocycles. The van der Waals surface area contributed by atoms with E-state index in [0.29, 0.717) is 12.2 Å². The fourth-order valence-corrected chi connectivity index (χ4v) is 2.76. The lowest BCUT2D eigenvalue weighted by molar-refractivity contribution is 0.0364. The molecule has 1 aromatic heterocycles. The van der Waals surface area contributed by atoms with Gasteiger partial charge in [0.05, 0.1) is 17.9 Å². The molecule has 2 aromatic carbocycles. The van der Waals surface area contributed by atoms with E-state index >= 15 is 0 Å².